The fraction of sp³-hybridized carbons (Fsp3) is 0.259. The minimum atomic E-state index is -0.312. The van der Waals surface area contributed by atoms with E-state index in [-0.39, 0.29) is 12.2 Å². The molecular formula is C27H27ClN8O2. The first kappa shape index (κ1) is 24.4. The number of aliphatic hydroxyl groups excluding tert-OH is 1. The van der Waals surface area contributed by atoms with Gasteiger partial charge in [0.25, 0.3) is 5.56 Å². The van der Waals surface area contributed by atoms with Gasteiger partial charge in [-0.3, -0.25) is 9.20 Å². The van der Waals surface area contributed by atoms with Crippen molar-refractivity contribution in [3.05, 3.63) is 82.0 Å². The smallest absolute Gasteiger partial charge is 0.270 e. The van der Waals surface area contributed by atoms with Crippen LogP contribution in [0.3, 0.4) is 0 Å². The van der Waals surface area contributed by atoms with Crippen molar-refractivity contribution in [1.82, 2.24) is 28.8 Å². The topological polar surface area (TPSA) is 104 Å². The van der Waals surface area contributed by atoms with E-state index in [1.807, 2.05) is 30.3 Å². The van der Waals surface area contributed by atoms with E-state index in [1.54, 1.807) is 28.9 Å². The summed E-state index contributed by atoms with van der Waals surface area (Å²) in [5.74, 6) is 0.727. The molecule has 11 heteroatoms. The van der Waals surface area contributed by atoms with Crippen molar-refractivity contribution in [3.8, 4) is 5.69 Å². The largest absolute Gasteiger partial charge is 0.392 e. The van der Waals surface area contributed by atoms with Gasteiger partial charge in [0.2, 0.25) is 11.7 Å². The van der Waals surface area contributed by atoms with Crippen LogP contribution in [-0.2, 0) is 6.61 Å². The maximum Gasteiger partial charge on any atom is 0.270 e. The summed E-state index contributed by atoms with van der Waals surface area (Å²) >= 11 is 6.40. The Bertz CT molecular complexity index is 1700. The standard InChI is InChI=1S/C27H27ClN8O2/c1-33-10-4-11-34(14-13-33)22-8-7-19(15-18(22)17-37)31-26-30-16-20-24(32-26)35-12-9-29-27(35)36(25(20)38)23-6-3-2-5-21(23)28/h2-3,5-9,12,15-16,37H,4,10-11,13-14,17H2,1H3,(H,30,31,32). The van der Waals surface area contributed by atoms with Crippen molar-refractivity contribution in [2.24, 2.45) is 0 Å². The van der Waals surface area contributed by atoms with Crippen LogP contribution in [-0.4, -0.2) is 67.2 Å². The predicted octanol–water partition coefficient (Wildman–Crippen LogP) is 3.46. The minimum absolute atomic E-state index is 0.0764. The van der Waals surface area contributed by atoms with E-state index in [4.69, 9.17) is 11.6 Å². The number of fused-ring (bicyclic) bond motifs is 3. The van der Waals surface area contributed by atoms with E-state index < -0.39 is 0 Å². The maximum absolute atomic E-state index is 13.5. The highest BCUT2D eigenvalue weighted by Crippen LogP contribution is 2.27. The Morgan fingerprint density at radius 2 is 1.92 bits per heavy atom. The molecule has 3 aromatic heterocycles. The Hall–Kier alpha value is -3.99. The van der Waals surface area contributed by atoms with Crippen molar-refractivity contribution in [3.63, 3.8) is 0 Å². The Kier molecular flexibility index (Phi) is 6.44. The number of aromatic nitrogens is 5. The van der Waals surface area contributed by atoms with Gasteiger partial charge in [-0.15, -0.1) is 0 Å². The molecule has 4 heterocycles. The van der Waals surface area contributed by atoms with E-state index in [2.05, 4.69) is 37.1 Å². The summed E-state index contributed by atoms with van der Waals surface area (Å²) in [6.45, 7) is 3.84. The predicted molar refractivity (Wildman–Crippen MR) is 149 cm³/mol. The van der Waals surface area contributed by atoms with E-state index in [9.17, 15) is 9.90 Å². The summed E-state index contributed by atoms with van der Waals surface area (Å²) in [5, 5.41) is 14.1. The molecule has 0 radical (unpaired) electrons. The summed E-state index contributed by atoms with van der Waals surface area (Å²) in [6, 6.07) is 13.0. The quantitative estimate of drug-likeness (QED) is 0.356. The number of halogens is 1. The van der Waals surface area contributed by atoms with Crippen LogP contribution in [0.4, 0.5) is 17.3 Å². The van der Waals surface area contributed by atoms with E-state index >= 15 is 0 Å². The molecule has 1 saturated heterocycles. The fourth-order valence-corrected chi connectivity index (χ4v) is 5.19. The lowest BCUT2D eigenvalue weighted by Gasteiger charge is -2.25. The molecule has 0 atom stereocenters. The first-order valence-electron chi connectivity index (χ1n) is 12.5. The van der Waals surface area contributed by atoms with Crippen molar-refractivity contribution < 1.29 is 5.11 Å². The molecule has 194 valence electrons. The zero-order valence-corrected chi connectivity index (χ0v) is 21.6. The molecule has 0 amide bonds. The highest BCUT2D eigenvalue weighted by Gasteiger charge is 2.18. The third-order valence-electron chi connectivity index (χ3n) is 6.91. The third kappa shape index (κ3) is 4.36. The summed E-state index contributed by atoms with van der Waals surface area (Å²) in [4.78, 5) is 31.6. The average Bonchev–Trinajstić information content (AvgIpc) is 3.31. The van der Waals surface area contributed by atoms with Gasteiger partial charge in [-0.05, 0) is 50.3 Å². The zero-order chi connectivity index (χ0) is 26.2. The van der Waals surface area contributed by atoms with Crippen LogP contribution in [0.1, 0.15) is 12.0 Å². The second-order valence-corrected chi connectivity index (χ2v) is 9.80. The monoisotopic (exact) mass is 530 g/mol. The maximum atomic E-state index is 13.5. The Morgan fingerprint density at radius 1 is 1.05 bits per heavy atom. The molecule has 38 heavy (non-hydrogen) atoms. The molecule has 6 rings (SSSR count). The normalized spacial score (nSPS) is 14.8. The van der Waals surface area contributed by atoms with Gasteiger partial charge in [0.05, 0.1) is 17.3 Å². The van der Waals surface area contributed by atoms with Crippen LogP contribution in [0, 0.1) is 0 Å². The molecule has 1 aliphatic rings. The van der Waals surface area contributed by atoms with Gasteiger partial charge in [0, 0.05) is 55.2 Å². The molecule has 0 unspecified atom stereocenters. The van der Waals surface area contributed by atoms with Gasteiger partial charge in [-0.25, -0.2) is 14.5 Å². The molecule has 1 fully saturated rings. The highest BCUT2D eigenvalue weighted by molar-refractivity contribution is 6.32. The lowest BCUT2D eigenvalue weighted by Crippen LogP contribution is -2.29. The summed E-state index contributed by atoms with van der Waals surface area (Å²) in [6.07, 6.45) is 5.95. The number of aliphatic hydroxyl groups is 1. The lowest BCUT2D eigenvalue weighted by molar-refractivity contribution is 0.282. The summed E-state index contributed by atoms with van der Waals surface area (Å²) < 4.78 is 3.21. The number of benzene rings is 2. The van der Waals surface area contributed by atoms with Crippen molar-refractivity contribution in [1.29, 1.82) is 0 Å². The van der Waals surface area contributed by atoms with Crippen LogP contribution in [0.2, 0.25) is 5.02 Å². The molecule has 2 aromatic carbocycles. The summed E-state index contributed by atoms with van der Waals surface area (Å²) in [5.41, 5.74) is 3.26. The van der Waals surface area contributed by atoms with E-state index in [1.165, 1.54) is 10.8 Å². The molecule has 0 saturated carbocycles. The summed E-state index contributed by atoms with van der Waals surface area (Å²) in [7, 11) is 2.14. The third-order valence-corrected chi connectivity index (χ3v) is 7.23. The van der Waals surface area contributed by atoms with Crippen LogP contribution in [0.25, 0.3) is 22.5 Å². The van der Waals surface area contributed by atoms with E-state index in [0.717, 1.165) is 49.5 Å². The molecule has 1 aliphatic heterocycles. The fourth-order valence-electron chi connectivity index (χ4n) is 4.97. The van der Waals surface area contributed by atoms with Crippen LogP contribution in [0.5, 0.6) is 0 Å². The van der Waals surface area contributed by atoms with Crippen molar-refractivity contribution in [2.75, 3.05) is 43.4 Å². The number of rotatable bonds is 5. The number of hydrogen-bond acceptors (Lipinski definition) is 8. The zero-order valence-electron chi connectivity index (χ0n) is 20.9. The first-order chi connectivity index (χ1) is 18.5. The van der Waals surface area contributed by atoms with E-state index in [0.29, 0.717) is 33.5 Å². The molecular weight excluding hydrogens is 504 g/mol. The SMILES string of the molecule is CN1CCCN(c2ccc(Nc3ncc4c(=O)n(-c5ccccc5Cl)c5nccn5c4n3)cc2CO)CC1. The van der Waals surface area contributed by atoms with Crippen LogP contribution >= 0.6 is 11.6 Å². The first-order valence-corrected chi connectivity index (χ1v) is 12.9. The second kappa shape index (κ2) is 10.1. The van der Waals surface area contributed by atoms with Gasteiger partial charge in [0.1, 0.15) is 5.39 Å². The molecule has 10 nitrogen and oxygen atoms in total. The Morgan fingerprint density at radius 3 is 2.76 bits per heavy atom. The Balaban J connectivity index is 1.37. The number of nitrogens with zero attached hydrogens (tertiary/aromatic N) is 7. The minimum Gasteiger partial charge on any atom is -0.392 e. The second-order valence-electron chi connectivity index (χ2n) is 9.39. The Labute approximate surface area is 223 Å². The molecule has 0 bridgehead atoms. The van der Waals surface area contributed by atoms with Crippen LogP contribution in [0.15, 0.2) is 65.8 Å². The van der Waals surface area contributed by atoms with Crippen molar-refractivity contribution >= 4 is 45.7 Å². The number of hydrogen-bond donors (Lipinski definition) is 2. The van der Waals surface area contributed by atoms with Gasteiger partial charge < -0.3 is 20.2 Å². The number of anilines is 3. The number of para-hydroxylation sites is 1. The molecule has 2 N–H and O–H groups in total. The highest BCUT2D eigenvalue weighted by atomic mass is 35.5. The van der Waals surface area contributed by atoms with Gasteiger partial charge in [-0.2, -0.15) is 4.98 Å². The van der Waals surface area contributed by atoms with Gasteiger partial charge >= 0.3 is 0 Å². The molecule has 5 aromatic rings. The number of nitrogens with one attached hydrogen (secondary N) is 1. The number of likely N-dealkylation sites (N-methyl/N-ethyl adjacent to an activating group) is 1. The van der Waals surface area contributed by atoms with Crippen molar-refractivity contribution in [2.45, 2.75) is 13.0 Å². The molecule has 0 aliphatic carbocycles. The average molecular weight is 531 g/mol. The van der Waals surface area contributed by atoms with Crippen LogP contribution < -0.4 is 15.8 Å². The van der Waals surface area contributed by atoms with Gasteiger partial charge in [0.15, 0.2) is 5.65 Å². The molecule has 0 spiro atoms. The van der Waals surface area contributed by atoms with Gasteiger partial charge in [-0.1, -0.05) is 23.7 Å². The lowest BCUT2D eigenvalue weighted by atomic mass is 10.1. The number of imidazole rings is 1.